The first-order valence-corrected chi connectivity index (χ1v) is 45.3. The fourth-order valence-electron chi connectivity index (χ4n) is 18.3. The molecule has 11 aliphatic rings. The third kappa shape index (κ3) is 26.4. The molecule has 826 valence electrons. The first-order chi connectivity index (χ1) is 67.5. The summed E-state index contributed by atoms with van der Waals surface area (Å²) in [6, 6.07) is -9.87. The summed E-state index contributed by atoms with van der Waals surface area (Å²) in [5.41, 5.74) is 0. The lowest BCUT2D eigenvalue weighted by atomic mass is 9.88. The summed E-state index contributed by atoms with van der Waals surface area (Å²) in [5, 5.41) is 369. The van der Waals surface area contributed by atoms with Crippen molar-refractivity contribution in [2.24, 2.45) is 0 Å². The standard InChI is InChI=1S/C79H131N5O59/c1-18-40(100)51(111)56(116)72(126-18)123-16-33-63(47(107)36(68(120)127-33)80-19(2)93)136-69-37(81-20(3)94)48(108)62(30(13-91)131-69)139-75-59(119)65(140-77-67(55(115)44(104)27(10-88)130-77)142-71-39(83-22(5)96)50(110)60(28(11-89)133-71)137-73-57(117)52(112)42(102)25(8-86)128-73)46(106)31(134-75)15-124-76-66(54(114)43(103)26(9-87)129-76)141-70-38(82-21(4)95)49(109)61(29(12-90)132-70)138-74-58(118)53(113)45(105)32(135-74)17-125-79(78(121)122)6-23(97)35(84-34(99)14-92)64(143-79)41(101)24(98)7-85/h18,23-33,35-77,85-92,97-98,100-120H,6-17H2,1-5H3,(H,80,93)(H,81,94)(H,82,95)(H,83,96)(H,84,99)(H,121,122)/t18-,23-,24+,25+,26+,27+,28+,29+,30+,31+,32+,33+,35+,36+,37+,38+,39+,40+,41+,42-,43+,44+,45-,46+,47+,48+,49+,50+,51+,52-,53-,54-,55-,56-,57+,58+,59-,60+,61+,62+,63+,64+,65-,66-,67-,68-,69-,70-,71-,72+,73-,74-,75-,76-,77+,79+/m0/s1. The monoisotopic (exact) mass is 2090 g/mol. The molecule has 11 heterocycles. The van der Waals surface area contributed by atoms with Crippen molar-refractivity contribution < 1.29 is 292 Å². The molecule has 0 spiro atoms. The van der Waals surface area contributed by atoms with E-state index in [2.05, 4.69) is 26.6 Å². The highest BCUT2D eigenvalue weighted by molar-refractivity contribution is 5.78. The Hall–Kier alpha value is -5.26. The number of amides is 5. The number of aliphatic hydroxyl groups excluding tert-OH is 31. The molecule has 64 nitrogen and oxygen atoms in total. The number of aliphatic hydroxyl groups is 31. The molecular weight excluding hydrogens is 1960 g/mol. The number of hydrogen-bond acceptors (Lipinski definition) is 58. The number of hydrogen-bond donors (Lipinski definition) is 37. The van der Waals surface area contributed by atoms with Gasteiger partial charge in [0.1, 0.15) is 263 Å². The molecule has 0 aromatic rings. The van der Waals surface area contributed by atoms with E-state index in [-0.39, 0.29) is 0 Å². The van der Waals surface area contributed by atoms with Crippen LogP contribution < -0.4 is 26.6 Å². The molecule has 0 unspecified atom stereocenters. The van der Waals surface area contributed by atoms with Gasteiger partial charge in [-0.05, 0) is 6.92 Å². The Morgan fingerprint density at radius 1 is 0.315 bits per heavy atom. The number of carboxylic acid groups (broad SMARTS) is 1. The van der Waals surface area contributed by atoms with Crippen LogP contribution in [0.15, 0.2) is 0 Å². The Kier molecular flexibility index (Phi) is 42.3. The predicted molar refractivity (Wildman–Crippen MR) is 438 cm³/mol. The van der Waals surface area contributed by atoms with Crippen LogP contribution in [0.4, 0.5) is 0 Å². The molecule has 11 rings (SSSR count). The summed E-state index contributed by atoms with van der Waals surface area (Å²) in [7, 11) is 0. The molecule has 0 radical (unpaired) electrons. The van der Waals surface area contributed by atoms with Crippen LogP contribution in [0.5, 0.6) is 0 Å². The third-order valence-corrected chi connectivity index (χ3v) is 26.0. The van der Waals surface area contributed by atoms with Gasteiger partial charge in [-0.3, -0.25) is 24.0 Å². The summed E-state index contributed by atoms with van der Waals surface area (Å²) >= 11 is 0. The van der Waals surface area contributed by atoms with Crippen molar-refractivity contribution in [3.05, 3.63) is 0 Å². The molecule has 37 N–H and O–H groups in total. The van der Waals surface area contributed by atoms with Gasteiger partial charge in [-0.2, -0.15) is 0 Å². The van der Waals surface area contributed by atoms with Crippen molar-refractivity contribution >= 4 is 35.5 Å². The topological polar surface area (TPSA) is 1000 Å². The maximum absolute atomic E-state index is 13.4. The fourth-order valence-corrected chi connectivity index (χ4v) is 18.3. The van der Waals surface area contributed by atoms with Crippen LogP contribution >= 0.6 is 0 Å². The minimum atomic E-state index is -3.18. The van der Waals surface area contributed by atoms with Gasteiger partial charge in [-0.25, -0.2) is 4.79 Å². The van der Waals surface area contributed by atoms with Crippen LogP contribution in [-0.4, -0.2) is 615 Å². The van der Waals surface area contributed by atoms with Crippen molar-refractivity contribution in [1.29, 1.82) is 0 Å². The van der Waals surface area contributed by atoms with E-state index in [1.54, 1.807) is 0 Å². The van der Waals surface area contributed by atoms with Crippen LogP contribution in [0, 0.1) is 0 Å². The number of carbonyl (C=O) groups excluding carboxylic acids is 5. The number of carboxylic acids is 1. The SMILES string of the molecule is CC(=O)N[C@@H]1[C@@H](O)[C@H](O[C@@H]2O[C@H](CO)[C@@H](O[C@@H]3O[C@H](CO[C@H]4O[C@H](CO)[C@@H](O)[C@H](O)[C@@H]4O[C@@H]4O[C@H](CO)[C@@H](O[C@@H]5O[C@H](CO[C@]6(C(=O)O)C[C@H](O)[C@@H](NC(=O)CO)[C@H]([C@H](O)[C@H](O)CO)O6)[C@H](O)[C@H](O)[C@H]5O)[C@H](O)[C@H]4NC(C)=O)[C@@H](O)[C@H](O[C@H]4O[C@H](CO)[C@@H](O)[C@H](O)[C@@H]4O[C@@H]4O[C@H](CO)[C@@H](O[C@@H]5O[C@H](CO)[C@H](O)[C@H](O)[C@H]5O)[C@H](O)[C@H]4NC(C)=O)[C@@H]3O)[C@H](O)[C@H]2NC(C)=O)[C@@H](CO[C@@H]2O[C@@H](C)[C@@H](O)[C@@H](O)[C@@H]2O)O[C@@H]1O. The van der Waals surface area contributed by atoms with E-state index >= 15 is 0 Å². The van der Waals surface area contributed by atoms with E-state index in [1.807, 2.05) is 0 Å². The van der Waals surface area contributed by atoms with Crippen LogP contribution in [0.3, 0.4) is 0 Å². The molecule has 11 aliphatic heterocycles. The average molecular weight is 2090 g/mol. The zero-order valence-electron chi connectivity index (χ0n) is 76.6. The maximum Gasteiger partial charge on any atom is 0.364 e. The third-order valence-electron chi connectivity index (χ3n) is 26.0. The van der Waals surface area contributed by atoms with Gasteiger partial charge in [-0.15, -0.1) is 0 Å². The summed E-state index contributed by atoms with van der Waals surface area (Å²) in [4.78, 5) is 77.6. The molecule has 143 heavy (non-hydrogen) atoms. The molecule has 5 amide bonds. The van der Waals surface area contributed by atoms with E-state index in [0.717, 1.165) is 27.7 Å². The quantitative estimate of drug-likeness (QED) is 0.0272. The lowest BCUT2D eigenvalue weighted by Crippen LogP contribution is -2.71. The summed E-state index contributed by atoms with van der Waals surface area (Å²) in [5.74, 6) is -10.5. The average Bonchev–Trinajstić information content (AvgIpc) is 0.758. The second-order valence-electron chi connectivity index (χ2n) is 36.0. The molecule has 0 aromatic carbocycles. The number of nitrogens with one attached hydrogen (secondary N) is 5. The second kappa shape index (κ2) is 51.2. The first-order valence-electron chi connectivity index (χ1n) is 45.3. The van der Waals surface area contributed by atoms with E-state index in [1.165, 1.54) is 6.92 Å². The van der Waals surface area contributed by atoms with Crippen molar-refractivity contribution in [1.82, 2.24) is 26.6 Å². The van der Waals surface area contributed by atoms with Gasteiger partial charge >= 0.3 is 5.97 Å². The smallest absolute Gasteiger partial charge is 0.364 e. The van der Waals surface area contributed by atoms with Gasteiger partial charge in [0.25, 0.3) is 5.79 Å². The fraction of sp³-hybridized carbons (Fsp3) is 0.924. The van der Waals surface area contributed by atoms with Gasteiger partial charge in [0.05, 0.1) is 84.3 Å². The number of carbonyl (C=O) groups is 6. The number of ether oxygens (including phenoxy) is 21. The van der Waals surface area contributed by atoms with Crippen molar-refractivity contribution in [2.75, 3.05) is 72.7 Å². The molecule has 11 saturated heterocycles. The minimum Gasteiger partial charge on any atom is -0.477 e. The van der Waals surface area contributed by atoms with Gasteiger partial charge in [0.15, 0.2) is 62.9 Å². The molecule has 64 heteroatoms. The summed E-state index contributed by atoms with van der Waals surface area (Å²) in [6.07, 6.45) is -110. The summed E-state index contributed by atoms with van der Waals surface area (Å²) in [6.45, 7) is -8.34. The van der Waals surface area contributed by atoms with Crippen LogP contribution in [0.25, 0.3) is 0 Å². The highest BCUT2D eigenvalue weighted by atomic mass is 16.8. The van der Waals surface area contributed by atoms with Gasteiger partial charge in [0, 0.05) is 34.1 Å². The van der Waals surface area contributed by atoms with Crippen molar-refractivity contribution in [3.63, 3.8) is 0 Å². The van der Waals surface area contributed by atoms with E-state index in [0.29, 0.717) is 0 Å². The summed E-state index contributed by atoms with van der Waals surface area (Å²) < 4.78 is 125. The second-order valence-corrected chi connectivity index (χ2v) is 36.0. The Labute approximate surface area is 808 Å². The largest absolute Gasteiger partial charge is 0.477 e. The lowest BCUT2D eigenvalue weighted by Gasteiger charge is -2.51. The molecule has 0 bridgehead atoms. The Morgan fingerprint density at radius 3 is 1.08 bits per heavy atom. The van der Waals surface area contributed by atoms with Crippen LogP contribution in [0.2, 0.25) is 0 Å². The Balaban J connectivity index is 0.901. The predicted octanol–water partition coefficient (Wildman–Crippen LogP) is -25.1. The molecule has 0 aliphatic carbocycles. The first kappa shape index (κ1) is 118. The van der Waals surface area contributed by atoms with E-state index in [9.17, 15) is 192 Å². The van der Waals surface area contributed by atoms with Crippen LogP contribution in [-0.2, 0) is 128 Å². The molecule has 0 saturated carbocycles. The molecule has 11 fully saturated rings. The van der Waals surface area contributed by atoms with Gasteiger partial charge < -0.3 is 289 Å². The zero-order chi connectivity index (χ0) is 106. The highest BCUT2D eigenvalue weighted by Gasteiger charge is 2.64. The van der Waals surface area contributed by atoms with E-state index < -0.39 is 458 Å². The highest BCUT2D eigenvalue weighted by Crippen LogP contribution is 2.43. The van der Waals surface area contributed by atoms with Gasteiger partial charge in [-0.1, -0.05) is 0 Å². The minimum absolute atomic E-state index is 0.857. The number of rotatable bonds is 39. The lowest BCUT2D eigenvalue weighted by molar-refractivity contribution is -0.399. The zero-order valence-corrected chi connectivity index (χ0v) is 76.6. The van der Waals surface area contributed by atoms with Crippen molar-refractivity contribution in [3.8, 4) is 0 Å². The van der Waals surface area contributed by atoms with Crippen molar-refractivity contribution in [2.45, 2.75) is 384 Å². The normalized spacial score (nSPS) is 47.8. The Morgan fingerprint density at radius 2 is 0.650 bits per heavy atom. The molecule has 56 atom stereocenters. The van der Waals surface area contributed by atoms with Crippen LogP contribution in [0.1, 0.15) is 41.0 Å². The molecule has 0 aromatic heterocycles. The Bertz CT molecular complexity index is 4030. The van der Waals surface area contributed by atoms with E-state index in [4.69, 9.17) is 99.5 Å². The number of aliphatic carboxylic acids is 1. The molecular formula is C79H131N5O59. The van der Waals surface area contributed by atoms with Gasteiger partial charge in [0.2, 0.25) is 29.5 Å². The maximum atomic E-state index is 13.4.